The molecule has 0 aliphatic heterocycles. The van der Waals surface area contributed by atoms with Crippen molar-refractivity contribution < 1.29 is 13.6 Å². The highest BCUT2D eigenvalue weighted by Crippen LogP contribution is 2.24. The summed E-state index contributed by atoms with van der Waals surface area (Å²) >= 11 is 0. The number of nitrogens with zero attached hydrogens (tertiary/aromatic N) is 5. The van der Waals surface area contributed by atoms with Gasteiger partial charge in [0, 0.05) is 41.9 Å². The molecule has 0 aliphatic carbocycles. The molecule has 37 heavy (non-hydrogen) atoms. The van der Waals surface area contributed by atoms with Crippen molar-refractivity contribution in [2.75, 3.05) is 20.1 Å². The van der Waals surface area contributed by atoms with Gasteiger partial charge in [-0.1, -0.05) is 38.1 Å². The molecule has 2 heterocycles. The molecule has 0 radical (unpaired) electrons. The topological polar surface area (TPSA) is 116 Å². The van der Waals surface area contributed by atoms with E-state index < -0.39 is 6.43 Å². The molecule has 0 atom stereocenters. The van der Waals surface area contributed by atoms with E-state index in [0.717, 1.165) is 11.1 Å². The van der Waals surface area contributed by atoms with Gasteiger partial charge in [-0.05, 0) is 45.7 Å². The molecule has 0 bridgehead atoms. The van der Waals surface area contributed by atoms with Crippen LogP contribution in [0.3, 0.4) is 0 Å². The second-order valence-electron chi connectivity index (χ2n) is 10.0. The number of benzene rings is 1. The summed E-state index contributed by atoms with van der Waals surface area (Å²) in [6, 6.07) is 7.94. The van der Waals surface area contributed by atoms with E-state index in [1.165, 1.54) is 18.5 Å². The number of carbonyl (C=O) groups is 1. The number of halogens is 2. The van der Waals surface area contributed by atoms with Gasteiger partial charge in [0.15, 0.2) is 0 Å². The third-order valence-electron chi connectivity index (χ3n) is 6.35. The van der Waals surface area contributed by atoms with Crippen LogP contribution in [0.2, 0.25) is 0 Å². The number of likely N-dealkylation sites (N-methyl/N-ethyl adjacent to an activating group) is 1. The Morgan fingerprint density at radius 1 is 1.22 bits per heavy atom. The molecule has 0 aliphatic rings. The average molecular weight is 515 g/mol. The first kappa shape index (κ1) is 28.1. The van der Waals surface area contributed by atoms with Gasteiger partial charge in [0.05, 0.1) is 5.69 Å². The fourth-order valence-electron chi connectivity index (χ4n) is 3.95. The van der Waals surface area contributed by atoms with Crippen molar-refractivity contribution in [3.05, 3.63) is 59.1 Å². The lowest BCUT2D eigenvalue weighted by Crippen LogP contribution is -2.49. The van der Waals surface area contributed by atoms with E-state index in [-0.39, 0.29) is 28.8 Å². The quantitative estimate of drug-likeness (QED) is 0.314. The van der Waals surface area contributed by atoms with Gasteiger partial charge in [0.25, 0.3) is 12.3 Å². The minimum Gasteiger partial charge on any atom is -0.334 e. The fraction of sp³-hybridized carbons (Fsp3) is 0.500. The van der Waals surface area contributed by atoms with Crippen LogP contribution in [0.25, 0.3) is 11.3 Å². The monoisotopic (exact) mass is 514 g/mol. The van der Waals surface area contributed by atoms with Crippen LogP contribution in [0, 0.1) is 5.41 Å². The van der Waals surface area contributed by atoms with Crippen molar-refractivity contribution in [1.29, 1.82) is 5.41 Å². The first-order chi connectivity index (χ1) is 17.5. The fourth-order valence-corrected chi connectivity index (χ4v) is 3.95. The Bertz CT molecular complexity index is 1220. The predicted molar refractivity (Wildman–Crippen MR) is 137 cm³/mol. The average Bonchev–Trinajstić information content (AvgIpc) is 3.41. The highest BCUT2D eigenvalue weighted by molar-refractivity contribution is 5.90. The van der Waals surface area contributed by atoms with Crippen LogP contribution in [0.1, 0.15) is 74.6 Å². The molecule has 0 unspecified atom stereocenters. The molecule has 2 aromatic heterocycles. The molecule has 1 aromatic carbocycles. The van der Waals surface area contributed by atoms with Gasteiger partial charge < -0.3 is 10.2 Å². The summed E-state index contributed by atoms with van der Waals surface area (Å²) in [4.78, 5) is 18.7. The number of H-pyrrole nitrogens is 1. The van der Waals surface area contributed by atoms with Crippen molar-refractivity contribution in [3.8, 4) is 11.3 Å². The van der Waals surface area contributed by atoms with Crippen molar-refractivity contribution in [2.24, 2.45) is 0 Å². The highest BCUT2D eigenvalue weighted by Gasteiger charge is 2.25. The normalized spacial score (nSPS) is 11.9. The molecule has 0 saturated heterocycles. The van der Waals surface area contributed by atoms with Gasteiger partial charge >= 0.3 is 0 Å². The first-order valence-electron chi connectivity index (χ1n) is 12.4. The standard InChI is InChI=1S/C26H36F2N8O/c1-17(2)20-14-21(18-8-10-19(11-9-18)22(27)28)34-36(23(20)29)13-7-6-12-35(15-26(3,4)30-5)25(37)24-31-16-32-33-24/h8-11,14,16-17,22,29-30H,6-7,12-13,15H2,1-5H3,(H,31,32,33). The first-order valence-corrected chi connectivity index (χ1v) is 12.4. The molecular formula is C26H36F2N8O. The van der Waals surface area contributed by atoms with Crippen molar-refractivity contribution in [3.63, 3.8) is 0 Å². The predicted octanol–water partition coefficient (Wildman–Crippen LogP) is 4.13. The van der Waals surface area contributed by atoms with Gasteiger partial charge in [-0.15, -0.1) is 0 Å². The van der Waals surface area contributed by atoms with Crippen LogP contribution in [0.4, 0.5) is 8.78 Å². The summed E-state index contributed by atoms with van der Waals surface area (Å²) in [7, 11) is 1.86. The SMILES string of the molecule is CNC(C)(C)CN(CCCCn1nc(-c2ccc(C(F)F)cc2)cc(C(C)C)c1=N)C(=O)c1ncn[nH]1. The number of unbranched alkanes of at least 4 members (excludes halogenated alkanes) is 1. The molecule has 200 valence electrons. The summed E-state index contributed by atoms with van der Waals surface area (Å²) in [6.07, 6.45) is 0.170. The van der Waals surface area contributed by atoms with Gasteiger partial charge in [-0.2, -0.15) is 10.2 Å². The van der Waals surface area contributed by atoms with E-state index >= 15 is 0 Å². The lowest BCUT2D eigenvalue weighted by molar-refractivity contribution is 0.0697. The number of aromatic amines is 1. The molecule has 0 spiro atoms. The van der Waals surface area contributed by atoms with Crippen molar-refractivity contribution >= 4 is 5.91 Å². The number of hydrogen-bond donors (Lipinski definition) is 3. The summed E-state index contributed by atoms with van der Waals surface area (Å²) in [6.45, 7) is 9.54. The number of nitrogens with one attached hydrogen (secondary N) is 3. The molecule has 3 rings (SSSR count). The largest absolute Gasteiger partial charge is 0.334 e. The third kappa shape index (κ3) is 7.28. The van der Waals surface area contributed by atoms with Gasteiger partial charge in [0.2, 0.25) is 5.82 Å². The molecule has 3 aromatic rings. The van der Waals surface area contributed by atoms with Crippen molar-refractivity contribution in [1.82, 2.24) is 35.2 Å². The van der Waals surface area contributed by atoms with E-state index in [1.54, 1.807) is 21.7 Å². The second-order valence-corrected chi connectivity index (χ2v) is 10.0. The number of hydrogen-bond acceptors (Lipinski definition) is 6. The van der Waals surface area contributed by atoms with Gasteiger partial charge in [0.1, 0.15) is 11.8 Å². The lowest BCUT2D eigenvalue weighted by atomic mass is 10.0. The smallest absolute Gasteiger partial charge is 0.291 e. The number of aryl methyl sites for hydroxylation is 1. The molecule has 11 heteroatoms. The Morgan fingerprint density at radius 2 is 1.92 bits per heavy atom. The molecule has 0 fully saturated rings. The summed E-state index contributed by atoms with van der Waals surface area (Å²) < 4.78 is 27.6. The summed E-state index contributed by atoms with van der Waals surface area (Å²) in [5.74, 6) is 0.0762. The van der Waals surface area contributed by atoms with E-state index in [1.807, 2.05) is 40.8 Å². The molecule has 1 amide bonds. The summed E-state index contributed by atoms with van der Waals surface area (Å²) in [5.41, 5.74) is 2.19. The Morgan fingerprint density at radius 3 is 2.49 bits per heavy atom. The minimum absolute atomic E-state index is 0.0382. The van der Waals surface area contributed by atoms with Crippen LogP contribution in [0.5, 0.6) is 0 Å². The van der Waals surface area contributed by atoms with Crippen LogP contribution in [-0.2, 0) is 6.54 Å². The molecular weight excluding hydrogens is 478 g/mol. The molecule has 9 nitrogen and oxygen atoms in total. The zero-order chi connectivity index (χ0) is 27.2. The van der Waals surface area contributed by atoms with E-state index in [0.29, 0.717) is 43.7 Å². The highest BCUT2D eigenvalue weighted by atomic mass is 19.3. The van der Waals surface area contributed by atoms with Crippen molar-refractivity contribution in [2.45, 2.75) is 65.0 Å². The van der Waals surface area contributed by atoms with Crippen LogP contribution < -0.4 is 10.8 Å². The minimum atomic E-state index is -2.53. The summed E-state index contributed by atoms with van der Waals surface area (Å²) in [5, 5.41) is 23.0. The third-order valence-corrected chi connectivity index (χ3v) is 6.35. The Labute approximate surface area is 215 Å². The van der Waals surface area contributed by atoms with E-state index in [4.69, 9.17) is 5.41 Å². The van der Waals surface area contributed by atoms with Gasteiger partial charge in [-0.3, -0.25) is 15.3 Å². The Hall–Kier alpha value is -3.47. The Balaban J connectivity index is 1.76. The number of rotatable bonds is 12. The maximum Gasteiger partial charge on any atom is 0.291 e. The zero-order valence-corrected chi connectivity index (χ0v) is 22.1. The van der Waals surface area contributed by atoms with E-state index in [9.17, 15) is 13.6 Å². The Kier molecular flexibility index (Phi) is 9.25. The van der Waals surface area contributed by atoms with E-state index in [2.05, 4.69) is 25.6 Å². The number of carbonyl (C=O) groups excluding carboxylic acids is 1. The second kappa shape index (κ2) is 12.2. The van der Waals surface area contributed by atoms with Crippen LogP contribution in [-0.4, -0.2) is 61.4 Å². The number of aromatic nitrogens is 5. The number of alkyl halides is 2. The van der Waals surface area contributed by atoms with Crippen LogP contribution in [0.15, 0.2) is 36.7 Å². The maximum absolute atomic E-state index is 13.0. The molecule has 3 N–H and O–H groups in total. The zero-order valence-electron chi connectivity index (χ0n) is 22.1. The maximum atomic E-state index is 13.0. The lowest BCUT2D eigenvalue weighted by Gasteiger charge is -2.32. The van der Waals surface area contributed by atoms with Gasteiger partial charge in [-0.25, -0.2) is 18.4 Å². The molecule has 0 saturated carbocycles. The van der Waals surface area contributed by atoms with Crippen LogP contribution >= 0.6 is 0 Å². The number of amides is 1.